The predicted octanol–water partition coefficient (Wildman–Crippen LogP) is 17.4. The van der Waals surface area contributed by atoms with Gasteiger partial charge in [0.1, 0.15) is 17.6 Å². The summed E-state index contributed by atoms with van der Waals surface area (Å²) < 4.78 is 18.2. The second-order valence-corrected chi connectivity index (χ2v) is 22.9. The third-order valence-corrected chi connectivity index (χ3v) is 17.7. The molecule has 3 saturated carbocycles. The fourth-order valence-electron chi connectivity index (χ4n) is 13.7. The minimum Gasteiger partial charge on any atom is -0.494 e. The third-order valence-electron chi connectivity index (χ3n) is 17.7. The summed E-state index contributed by atoms with van der Waals surface area (Å²) in [7, 11) is 0. The van der Waals surface area contributed by atoms with Gasteiger partial charge in [-0.2, -0.15) is 0 Å². The van der Waals surface area contributed by atoms with Gasteiger partial charge in [0.2, 0.25) is 0 Å². The number of allylic oxidation sites excluding steroid dienone is 5. The molecule has 3 fully saturated rings. The van der Waals surface area contributed by atoms with E-state index in [1.165, 1.54) is 116 Å². The Balaban J connectivity index is 0.709. The Labute approximate surface area is 408 Å². The number of aliphatic imine (C=N–C) groups is 1. The molecule has 0 saturated heterocycles. The minimum atomic E-state index is -0.0211. The van der Waals surface area contributed by atoms with E-state index in [9.17, 15) is 4.79 Å². The van der Waals surface area contributed by atoms with Crippen molar-refractivity contribution < 1.29 is 19.0 Å². The molecule has 5 aliphatic rings. The molecule has 67 heavy (non-hydrogen) atoms. The highest BCUT2D eigenvalue weighted by Gasteiger charge is 2.59. The summed E-state index contributed by atoms with van der Waals surface area (Å²) in [5, 5.41) is 0. The van der Waals surface area contributed by atoms with Crippen LogP contribution < -0.4 is 9.47 Å². The number of carbonyl (C=O) groups is 1. The van der Waals surface area contributed by atoms with Gasteiger partial charge >= 0.3 is 5.97 Å². The normalized spacial score (nSPS) is 27.2. The van der Waals surface area contributed by atoms with Crippen molar-refractivity contribution >= 4 is 17.9 Å². The molecular formula is C62H91NO4. The lowest BCUT2D eigenvalue weighted by Crippen LogP contribution is -2.51. The van der Waals surface area contributed by atoms with Crippen molar-refractivity contribution in [1.29, 1.82) is 0 Å². The van der Waals surface area contributed by atoms with Crippen LogP contribution >= 0.6 is 0 Å². The zero-order valence-electron chi connectivity index (χ0n) is 42.9. The first-order valence-electron chi connectivity index (χ1n) is 27.8. The number of benzene rings is 2. The predicted molar refractivity (Wildman–Crippen MR) is 280 cm³/mol. The van der Waals surface area contributed by atoms with Gasteiger partial charge in [0.05, 0.1) is 18.9 Å². The van der Waals surface area contributed by atoms with E-state index in [1.807, 2.05) is 54.7 Å². The summed E-state index contributed by atoms with van der Waals surface area (Å²) in [6, 6.07) is 16.2. The summed E-state index contributed by atoms with van der Waals surface area (Å²) in [6.45, 7) is 14.0. The molecule has 8 atom stereocenters. The Morgan fingerprint density at radius 3 is 2.03 bits per heavy atom. The SMILES string of the molecule is CC(C)CCC[C@@H](C)[C@H]1CC[C@H]2[C@@H]3CC=C4C[C@@H](OC(=O)CCCCCOc5ccc(C=Nc6ccc(OCCCCCCCCCCCC7C=CC=C7)cc6)cc5)CC[C@]4(C)[C@H]3CC[C@]12C. The lowest BCUT2D eigenvalue weighted by Gasteiger charge is -2.58. The van der Waals surface area contributed by atoms with Crippen LogP contribution in [0.5, 0.6) is 11.5 Å². The second-order valence-electron chi connectivity index (χ2n) is 22.9. The second kappa shape index (κ2) is 25.8. The number of ether oxygens (including phenoxy) is 3. The van der Waals surface area contributed by atoms with Crippen LogP contribution in [-0.2, 0) is 9.53 Å². The van der Waals surface area contributed by atoms with Crippen LogP contribution in [0, 0.1) is 52.3 Å². The fourth-order valence-corrected chi connectivity index (χ4v) is 13.7. The van der Waals surface area contributed by atoms with Crippen LogP contribution in [0.1, 0.15) is 201 Å². The van der Waals surface area contributed by atoms with Gasteiger partial charge < -0.3 is 14.2 Å². The molecule has 0 heterocycles. The quantitative estimate of drug-likeness (QED) is 0.0369. The van der Waals surface area contributed by atoms with Crippen LogP contribution in [-0.4, -0.2) is 31.5 Å². The van der Waals surface area contributed by atoms with E-state index in [1.54, 1.807) is 5.57 Å². The van der Waals surface area contributed by atoms with Crippen LogP contribution in [0.4, 0.5) is 5.69 Å². The van der Waals surface area contributed by atoms with Crippen molar-refractivity contribution in [2.45, 2.75) is 201 Å². The van der Waals surface area contributed by atoms with Gasteiger partial charge in [-0.25, -0.2) is 0 Å². The van der Waals surface area contributed by atoms with Gasteiger partial charge in [-0.05, 0) is 183 Å². The first-order valence-corrected chi connectivity index (χ1v) is 27.8. The molecular weight excluding hydrogens is 823 g/mol. The number of hydrogen-bond acceptors (Lipinski definition) is 5. The van der Waals surface area contributed by atoms with Crippen molar-refractivity contribution in [1.82, 2.24) is 0 Å². The van der Waals surface area contributed by atoms with Crippen LogP contribution in [0.25, 0.3) is 0 Å². The van der Waals surface area contributed by atoms with Crippen molar-refractivity contribution in [3.05, 3.63) is 90.0 Å². The van der Waals surface area contributed by atoms with Crippen molar-refractivity contribution in [2.75, 3.05) is 13.2 Å². The molecule has 5 nitrogen and oxygen atoms in total. The number of carbonyl (C=O) groups excluding carboxylic acids is 1. The molecule has 2 aromatic carbocycles. The number of unbranched alkanes of at least 4 members (excludes halogenated alkanes) is 10. The summed E-state index contributed by atoms with van der Waals surface area (Å²) in [5.41, 5.74) is 4.36. The average molecular weight is 914 g/mol. The fraction of sp³-hybridized carbons (Fsp3) is 0.677. The number of rotatable bonds is 28. The molecule has 7 rings (SSSR count). The zero-order valence-corrected chi connectivity index (χ0v) is 42.9. The number of esters is 1. The monoisotopic (exact) mass is 914 g/mol. The molecule has 2 aromatic rings. The standard InChI is InChI=1S/C62H91NO4/c1-47(2)21-20-22-48(3)57-37-38-58-56-36-29-51-45-55(39-41-61(51,4)59(56)40-42-62(57,58)5)67-60(64)26-15-13-19-44-65-53-32-27-50(28-33-53)46-63-52-30-34-54(35-31-52)66-43-18-12-10-8-6-7-9-11-14-23-49-24-16-17-25-49/h16-17,24-25,27-35,46-49,55-59H,6-15,18-23,26,36-45H2,1-5H3/t48-,55+,56+,57-,58+,59+,61+,62-/m1/s1. The van der Waals surface area contributed by atoms with E-state index >= 15 is 0 Å². The van der Waals surface area contributed by atoms with Gasteiger partial charge in [-0.15, -0.1) is 0 Å². The van der Waals surface area contributed by atoms with E-state index in [4.69, 9.17) is 14.2 Å². The van der Waals surface area contributed by atoms with E-state index < -0.39 is 0 Å². The minimum absolute atomic E-state index is 0.0211. The number of fused-ring (bicyclic) bond motifs is 5. The Hall–Kier alpha value is -3.60. The molecule has 0 aromatic heterocycles. The van der Waals surface area contributed by atoms with E-state index in [0.717, 1.165) is 103 Å². The number of nitrogens with zero attached hydrogens (tertiary/aromatic N) is 1. The van der Waals surface area contributed by atoms with Crippen molar-refractivity contribution in [3.63, 3.8) is 0 Å². The van der Waals surface area contributed by atoms with Crippen molar-refractivity contribution in [3.8, 4) is 11.5 Å². The topological polar surface area (TPSA) is 57.1 Å². The Bertz CT molecular complexity index is 1900. The molecule has 0 spiro atoms. The summed E-state index contributed by atoms with van der Waals surface area (Å²) in [5.74, 6) is 7.54. The van der Waals surface area contributed by atoms with Gasteiger partial charge in [0.15, 0.2) is 0 Å². The highest BCUT2D eigenvalue weighted by Crippen LogP contribution is 2.67. The Morgan fingerprint density at radius 1 is 0.701 bits per heavy atom. The third kappa shape index (κ3) is 14.7. The maximum atomic E-state index is 13.0. The summed E-state index contributed by atoms with van der Waals surface area (Å²) >= 11 is 0. The van der Waals surface area contributed by atoms with E-state index in [0.29, 0.717) is 24.4 Å². The maximum absolute atomic E-state index is 13.0. The molecule has 0 N–H and O–H groups in total. The lowest BCUT2D eigenvalue weighted by molar-refractivity contribution is -0.151. The lowest BCUT2D eigenvalue weighted by atomic mass is 9.47. The summed E-state index contributed by atoms with van der Waals surface area (Å²) in [6.07, 6.45) is 44.2. The van der Waals surface area contributed by atoms with Crippen LogP contribution in [0.2, 0.25) is 0 Å². The molecule has 0 aliphatic heterocycles. The highest BCUT2D eigenvalue weighted by atomic mass is 16.5. The van der Waals surface area contributed by atoms with Gasteiger partial charge in [-0.3, -0.25) is 9.79 Å². The molecule has 5 aliphatic carbocycles. The van der Waals surface area contributed by atoms with Crippen LogP contribution in [0.3, 0.4) is 0 Å². The Morgan fingerprint density at radius 2 is 1.34 bits per heavy atom. The number of hydrogen-bond donors (Lipinski definition) is 0. The maximum Gasteiger partial charge on any atom is 0.306 e. The van der Waals surface area contributed by atoms with E-state index in [-0.39, 0.29) is 17.5 Å². The zero-order chi connectivity index (χ0) is 46.9. The molecule has 0 amide bonds. The van der Waals surface area contributed by atoms with Gasteiger partial charge in [0.25, 0.3) is 0 Å². The Kier molecular flexibility index (Phi) is 19.8. The van der Waals surface area contributed by atoms with Crippen LogP contribution in [0.15, 0.2) is 89.5 Å². The average Bonchev–Trinajstić information content (AvgIpc) is 3.98. The first kappa shape index (κ1) is 51.3. The largest absolute Gasteiger partial charge is 0.494 e. The molecule has 0 radical (unpaired) electrons. The molecule has 0 bridgehead atoms. The molecule has 5 heteroatoms. The molecule has 368 valence electrons. The van der Waals surface area contributed by atoms with Gasteiger partial charge in [-0.1, -0.05) is 141 Å². The van der Waals surface area contributed by atoms with Crippen molar-refractivity contribution in [2.24, 2.45) is 57.2 Å². The summed E-state index contributed by atoms with van der Waals surface area (Å²) in [4.78, 5) is 17.7. The van der Waals surface area contributed by atoms with Gasteiger partial charge in [0, 0.05) is 19.1 Å². The van der Waals surface area contributed by atoms with E-state index in [2.05, 4.69) is 70.0 Å². The smallest absolute Gasteiger partial charge is 0.306 e. The highest BCUT2D eigenvalue weighted by molar-refractivity contribution is 5.82. The first-order chi connectivity index (χ1) is 32.6. The molecule has 0 unspecified atom stereocenters.